The Labute approximate surface area is 176 Å². The van der Waals surface area contributed by atoms with Gasteiger partial charge in [-0.25, -0.2) is 4.98 Å². The SMILES string of the molecule is CCNC(=NCCc1ccco1)NC1CCN(c2ncccc2Cl)C1.I. The molecule has 2 aromatic heterocycles. The number of hydrogen-bond donors (Lipinski definition) is 2. The van der Waals surface area contributed by atoms with Crippen LogP contribution in [0.25, 0.3) is 0 Å². The molecule has 1 aliphatic rings. The third kappa shape index (κ3) is 5.77. The molecule has 0 saturated carbocycles. The van der Waals surface area contributed by atoms with Gasteiger partial charge in [-0.05, 0) is 37.6 Å². The van der Waals surface area contributed by atoms with E-state index in [9.17, 15) is 0 Å². The summed E-state index contributed by atoms with van der Waals surface area (Å²) in [6, 6.07) is 7.93. The predicted molar refractivity (Wildman–Crippen MR) is 117 cm³/mol. The molecule has 8 heteroatoms. The summed E-state index contributed by atoms with van der Waals surface area (Å²) < 4.78 is 5.35. The molecule has 1 atom stereocenters. The number of nitrogens with one attached hydrogen (secondary N) is 2. The lowest BCUT2D eigenvalue weighted by Gasteiger charge is -2.20. The highest BCUT2D eigenvalue weighted by Gasteiger charge is 2.25. The second-order valence-electron chi connectivity index (χ2n) is 5.97. The van der Waals surface area contributed by atoms with Crippen LogP contribution in [0.3, 0.4) is 0 Å². The van der Waals surface area contributed by atoms with Crippen molar-refractivity contribution >= 4 is 47.4 Å². The zero-order valence-electron chi connectivity index (χ0n) is 14.8. The first kappa shape index (κ1) is 20.8. The second kappa shape index (κ2) is 10.6. The van der Waals surface area contributed by atoms with Crippen LogP contribution in [0.15, 0.2) is 46.1 Å². The fourth-order valence-electron chi connectivity index (χ4n) is 2.93. The van der Waals surface area contributed by atoms with Crippen molar-refractivity contribution in [3.63, 3.8) is 0 Å². The summed E-state index contributed by atoms with van der Waals surface area (Å²) >= 11 is 6.26. The van der Waals surface area contributed by atoms with Crippen molar-refractivity contribution in [1.29, 1.82) is 0 Å². The van der Waals surface area contributed by atoms with Crippen molar-refractivity contribution in [1.82, 2.24) is 15.6 Å². The summed E-state index contributed by atoms with van der Waals surface area (Å²) in [5, 5.41) is 7.51. The Morgan fingerprint density at radius 2 is 2.31 bits per heavy atom. The van der Waals surface area contributed by atoms with Crippen LogP contribution in [-0.4, -0.2) is 43.2 Å². The summed E-state index contributed by atoms with van der Waals surface area (Å²) in [6.07, 6.45) is 5.29. The average molecular weight is 490 g/mol. The molecule has 2 aromatic rings. The summed E-state index contributed by atoms with van der Waals surface area (Å²) in [5.41, 5.74) is 0. The van der Waals surface area contributed by atoms with E-state index in [4.69, 9.17) is 16.0 Å². The van der Waals surface area contributed by atoms with Crippen LogP contribution in [-0.2, 0) is 6.42 Å². The molecule has 0 spiro atoms. The number of furan rings is 1. The average Bonchev–Trinajstić information content (AvgIpc) is 3.27. The minimum atomic E-state index is 0. The Morgan fingerprint density at radius 3 is 3.04 bits per heavy atom. The van der Waals surface area contributed by atoms with Gasteiger partial charge in [-0.3, -0.25) is 4.99 Å². The standard InChI is InChI=1S/C18H24ClN5O.HI/c1-2-20-18(22-10-7-15-5-4-12-25-15)23-14-8-11-24(13-14)17-16(19)6-3-9-21-17;/h3-6,9,12,14H,2,7-8,10-11,13H2,1H3,(H2,20,22,23);1H. The molecule has 0 aliphatic carbocycles. The molecule has 1 saturated heterocycles. The lowest BCUT2D eigenvalue weighted by Crippen LogP contribution is -2.44. The molecule has 1 aliphatic heterocycles. The number of aliphatic imine (C=N–C) groups is 1. The molecule has 3 rings (SSSR count). The van der Waals surface area contributed by atoms with Gasteiger partial charge >= 0.3 is 0 Å². The van der Waals surface area contributed by atoms with Crippen molar-refractivity contribution in [3.05, 3.63) is 47.5 Å². The molecule has 2 N–H and O–H groups in total. The molecule has 0 bridgehead atoms. The van der Waals surface area contributed by atoms with Crippen molar-refractivity contribution in [2.75, 3.05) is 31.1 Å². The Bertz CT molecular complexity index is 695. The molecule has 0 radical (unpaired) electrons. The molecule has 142 valence electrons. The Kier molecular flexibility index (Phi) is 8.50. The third-order valence-electron chi connectivity index (χ3n) is 4.12. The smallest absolute Gasteiger partial charge is 0.191 e. The van der Waals surface area contributed by atoms with Crippen molar-refractivity contribution in [2.45, 2.75) is 25.8 Å². The van der Waals surface area contributed by atoms with Gasteiger partial charge in [-0.1, -0.05) is 11.6 Å². The van der Waals surface area contributed by atoms with Crippen LogP contribution < -0.4 is 15.5 Å². The van der Waals surface area contributed by atoms with E-state index in [1.54, 1.807) is 12.5 Å². The number of aromatic nitrogens is 1. The highest BCUT2D eigenvalue weighted by molar-refractivity contribution is 14.0. The first-order chi connectivity index (χ1) is 12.3. The van der Waals surface area contributed by atoms with Crippen molar-refractivity contribution in [3.8, 4) is 0 Å². The van der Waals surface area contributed by atoms with Gasteiger partial charge in [-0.15, -0.1) is 24.0 Å². The second-order valence-corrected chi connectivity index (χ2v) is 6.38. The monoisotopic (exact) mass is 489 g/mol. The Balaban J connectivity index is 0.00000243. The van der Waals surface area contributed by atoms with Crippen molar-refractivity contribution in [2.24, 2.45) is 4.99 Å². The first-order valence-corrected chi connectivity index (χ1v) is 9.06. The summed E-state index contributed by atoms with van der Waals surface area (Å²) in [7, 11) is 0. The minimum Gasteiger partial charge on any atom is -0.469 e. The number of guanidine groups is 1. The lowest BCUT2D eigenvalue weighted by atomic mass is 10.3. The Hall–Kier alpha value is -1.48. The van der Waals surface area contributed by atoms with Gasteiger partial charge in [0.1, 0.15) is 11.6 Å². The van der Waals surface area contributed by atoms with Gasteiger partial charge in [0.25, 0.3) is 0 Å². The Morgan fingerprint density at radius 1 is 1.42 bits per heavy atom. The largest absolute Gasteiger partial charge is 0.469 e. The lowest BCUT2D eigenvalue weighted by molar-refractivity contribution is 0.510. The van der Waals surface area contributed by atoms with Crippen molar-refractivity contribution < 1.29 is 4.42 Å². The van der Waals surface area contributed by atoms with Crippen LogP contribution in [0.4, 0.5) is 5.82 Å². The van der Waals surface area contributed by atoms with Gasteiger partial charge in [0.2, 0.25) is 0 Å². The summed E-state index contributed by atoms with van der Waals surface area (Å²) in [4.78, 5) is 11.3. The van der Waals surface area contributed by atoms with Gasteiger partial charge in [-0.2, -0.15) is 0 Å². The van der Waals surface area contributed by atoms with Gasteiger partial charge < -0.3 is 20.0 Å². The number of halogens is 2. The third-order valence-corrected chi connectivity index (χ3v) is 4.42. The molecular weight excluding hydrogens is 465 g/mol. The molecule has 0 amide bonds. The molecule has 3 heterocycles. The fraction of sp³-hybridized carbons (Fsp3) is 0.444. The topological polar surface area (TPSA) is 65.7 Å². The van der Waals surface area contributed by atoms with Crippen LogP contribution >= 0.6 is 35.6 Å². The normalized spacial score (nSPS) is 17.1. The number of anilines is 1. The van der Waals surface area contributed by atoms with Crippen LogP contribution in [0.1, 0.15) is 19.1 Å². The quantitative estimate of drug-likeness (QED) is 0.370. The summed E-state index contributed by atoms with van der Waals surface area (Å²) in [5.74, 6) is 2.65. The van der Waals surface area contributed by atoms with Crippen LogP contribution in [0.5, 0.6) is 0 Å². The number of pyridine rings is 1. The highest BCUT2D eigenvalue weighted by atomic mass is 127. The predicted octanol–water partition coefficient (Wildman–Crippen LogP) is 3.32. The summed E-state index contributed by atoms with van der Waals surface area (Å²) in [6.45, 7) is 5.37. The van der Waals surface area contributed by atoms with E-state index in [-0.39, 0.29) is 24.0 Å². The number of hydrogen-bond acceptors (Lipinski definition) is 4. The van der Waals surface area contributed by atoms with Gasteiger partial charge in [0.05, 0.1) is 11.3 Å². The molecular formula is C18H25ClIN5O. The fourth-order valence-corrected chi connectivity index (χ4v) is 3.17. The highest BCUT2D eigenvalue weighted by Crippen LogP contribution is 2.25. The van der Waals surface area contributed by atoms with Gasteiger partial charge in [0, 0.05) is 44.8 Å². The van der Waals surface area contributed by atoms with E-state index >= 15 is 0 Å². The number of nitrogens with zero attached hydrogens (tertiary/aromatic N) is 3. The zero-order chi connectivity index (χ0) is 17.5. The van der Waals surface area contributed by atoms with Gasteiger partial charge in [0.15, 0.2) is 5.96 Å². The first-order valence-electron chi connectivity index (χ1n) is 8.69. The maximum absolute atomic E-state index is 6.26. The molecule has 1 unspecified atom stereocenters. The molecule has 0 aromatic carbocycles. The van der Waals surface area contributed by atoms with E-state index in [2.05, 4.69) is 32.4 Å². The maximum atomic E-state index is 6.26. The molecule has 1 fully saturated rings. The molecule has 26 heavy (non-hydrogen) atoms. The van der Waals surface area contributed by atoms with E-state index in [0.29, 0.717) is 17.6 Å². The van der Waals surface area contributed by atoms with E-state index < -0.39 is 0 Å². The minimum absolute atomic E-state index is 0. The van der Waals surface area contributed by atoms with E-state index in [1.165, 1.54) is 0 Å². The zero-order valence-corrected chi connectivity index (χ0v) is 17.9. The van der Waals surface area contributed by atoms with E-state index in [1.807, 2.05) is 24.3 Å². The number of rotatable bonds is 6. The van der Waals surface area contributed by atoms with E-state index in [0.717, 1.165) is 50.0 Å². The molecule has 6 nitrogen and oxygen atoms in total. The maximum Gasteiger partial charge on any atom is 0.191 e. The van der Waals surface area contributed by atoms with Crippen LogP contribution in [0, 0.1) is 0 Å². The van der Waals surface area contributed by atoms with Crippen LogP contribution in [0.2, 0.25) is 5.02 Å².